The van der Waals surface area contributed by atoms with Gasteiger partial charge in [0.05, 0.1) is 12.6 Å². The molecule has 26 heavy (non-hydrogen) atoms. The van der Waals surface area contributed by atoms with E-state index in [9.17, 15) is 9.59 Å². The Morgan fingerprint density at radius 1 is 1.27 bits per heavy atom. The molecule has 0 fully saturated rings. The molecule has 0 aliphatic heterocycles. The van der Waals surface area contributed by atoms with Gasteiger partial charge in [-0.15, -0.1) is 12.4 Å². The highest BCUT2D eigenvalue weighted by atomic mass is 35.5. The van der Waals surface area contributed by atoms with Crippen LogP contribution in [0, 0.1) is 5.92 Å². The van der Waals surface area contributed by atoms with Gasteiger partial charge in [0.2, 0.25) is 11.8 Å². The molecule has 6 heteroatoms. The number of rotatable bonds is 7. The maximum absolute atomic E-state index is 12.7. The van der Waals surface area contributed by atoms with E-state index in [1.807, 2.05) is 18.7 Å². The van der Waals surface area contributed by atoms with Crippen LogP contribution in [0.5, 0.6) is 0 Å². The summed E-state index contributed by atoms with van der Waals surface area (Å²) in [6, 6.07) is 8.08. The fourth-order valence-electron chi connectivity index (χ4n) is 3.38. The molecular weight excluding hydrogens is 350 g/mol. The van der Waals surface area contributed by atoms with Crippen LogP contribution >= 0.6 is 12.4 Å². The normalized spacial score (nSPS) is 17.0. The number of nitrogens with zero attached hydrogens (tertiary/aromatic N) is 1. The summed E-state index contributed by atoms with van der Waals surface area (Å²) < 4.78 is 0. The molecule has 1 aromatic rings. The van der Waals surface area contributed by atoms with Crippen LogP contribution < -0.4 is 11.1 Å². The molecule has 0 spiro atoms. The molecule has 5 nitrogen and oxygen atoms in total. The molecule has 0 heterocycles. The predicted octanol–water partition coefficient (Wildman–Crippen LogP) is 2.30. The first-order valence-corrected chi connectivity index (χ1v) is 9.33. The van der Waals surface area contributed by atoms with Gasteiger partial charge in [0.15, 0.2) is 0 Å². The molecule has 0 radical (unpaired) electrons. The van der Waals surface area contributed by atoms with E-state index >= 15 is 0 Å². The van der Waals surface area contributed by atoms with Gasteiger partial charge in [0.1, 0.15) is 0 Å². The van der Waals surface area contributed by atoms with E-state index in [0.717, 1.165) is 32.2 Å². The van der Waals surface area contributed by atoms with Gasteiger partial charge in [-0.1, -0.05) is 45.0 Å². The van der Waals surface area contributed by atoms with E-state index in [2.05, 4.69) is 36.5 Å². The Labute approximate surface area is 163 Å². The van der Waals surface area contributed by atoms with E-state index in [1.165, 1.54) is 11.1 Å². The first kappa shape index (κ1) is 22.5. The Bertz CT molecular complexity index is 606. The van der Waals surface area contributed by atoms with Crippen molar-refractivity contribution in [3.63, 3.8) is 0 Å². The second-order valence-corrected chi connectivity index (χ2v) is 7.24. The standard InChI is InChI=1S/C20H31N3O2.ClH/c1-4-11-23(18(24)13-22-20(25)19(21)14(2)3)17-10-9-15-7-5-6-8-16(15)12-17;/h5-8,14,17,19H,4,9-13,21H2,1-3H3,(H,22,25);1H/t17?,19-;/m0./s1. The molecule has 2 amide bonds. The van der Waals surface area contributed by atoms with Crippen molar-refractivity contribution in [2.24, 2.45) is 11.7 Å². The minimum absolute atomic E-state index is 0. The second-order valence-electron chi connectivity index (χ2n) is 7.24. The smallest absolute Gasteiger partial charge is 0.242 e. The summed E-state index contributed by atoms with van der Waals surface area (Å²) in [7, 11) is 0. The zero-order valence-corrected chi connectivity index (χ0v) is 16.8. The highest BCUT2D eigenvalue weighted by molar-refractivity contribution is 5.87. The summed E-state index contributed by atoms with van der Waals surface area (Å²) in [4.78, 5) is 26.7. The highest BCUT2D eigenvalue weighted by Crippen LogP contribution is 2.24. The van der Waals surface area contributed by atoms with Gasteiger partial charge in [-0.25, -0.2) is 0 Å². The number of carbonyl (C=O) groups is 2. The number of carbonyl (C=O) groups excluding carboxylic acids is 2. The number of aryl methyl sites for hydroxylation is 1. The van der Waals surface area contributed by atoms with Crippen molar-refractivity contribution in [1.29, 1.82) is 0 Å². The lowest BCUT2D eigenvalue weighted by molar-refractivity contribution is -0.135. The van der Waals surface area contributed by atoms with Crippen molar-refractivity contribution >= 4 is 24.2 Å². The molecule has 0 aromatic heterocycles. The van der Waals surface area contributed by atoms with Gasteiger partial charge >= 0.3 is 0 Å². The number of nitrogens with one attached hydrogen (secondary N) is 1. The lowest BCUT2D eigenvalue weighted by Crippen LogP contribution is -2.51. The van der Waals surface area contributed by atoms with Crippen LogP contribution in [-0.2, 0) is 22.4 Å². The summed E-state index contributed by atoms with van der Waals surface area (Å²) in [6.07, 6.45) is 3.77. The van der Waals surface area contributed by atoms with Gasteiger partial charge in [-0.3, -0.25) is 9.59 Å². The molecule has 0 bridgehead atoms. The van der Waals surface area contributed by atoms with Crippen molar-refractivity contribution in [3.05, 3.63) is 35.4 Å². The Morgan fingerprint density at radius 2 is 1.92 bits per heavy atom. The monoisotopic (exact) mass is 381 g/mol. The number of amides is 2. The third-order valence-electron chi connectivity index (χ3n) is 4.98. The van der Waals surface area contributed by atoms with E-state index in [1.54, 1.807) is 0 Å². The molecular formula is C20H32ClN3O2. The summed E-state index contributed by atoms with van der Waals surface area (Å²) in [5.41, 5.74) is 8.56. The molecule has 146 valence electrons. The third kappa shape index (κ3) is 5.71. The van der Waals surface area contributed by atoms with Gasteiger partial charge in [0, 0.05) is 12.6 Å². The van der Waals surface area contributed by atoms with Crippen LogP contribution in [0.2, 0.25) is 0 Å². The van der Waals surface area contributed by atoms with Crippen LogP contribution in [0.4, 0.5) is 0 Å². The molecule has 2 rings (SSSR count). The van der Waals surface area contributed by atoms with E-state index in [4.69, 9.17) is 5.73 Å². The predicted molar refractivity (Wildman–Crippen MR) is 107 cm³/mol. The molecule has 1 unspecified atom stereocenters. The van der Waals surface area contributed by atoms with Gasteiger partial charge in [0.25, 0.3) is 0 Å². The summed E-state index contributed by atoms with van der Waals surface area (Å²) in [5, 5.41) is 2.71. The van der Waals surface area contributed by atoms with E-state index in [0.29, 0.717) is 0 Å². The average Bonchev–Trinajstić information content (AvgIpc) is 2.62. The van der Waals surface area contributed by atoms with E-state index in [-0.39, 0.29) is 42.7 Å². The zero-order chi connectivity index (χ0) is 18.4. The largest absolute Gasteiger partial charge is 0.346 e. The Balaban J connectivity index is 0.00000338. The quantitative estimate of drug-likeness (QED) is 0.760. The maximum atomic E-state index is 12.7. The minimum atomic E-state index is -0.575. The molecule has 1 aromatic carbocycles. The Hall–Kier alpha value is -1.59. The van der Waals surface area contributed by atoms with Gasteiger partial charge in [-0.2, -0.15) is 0 Å². The Kier molecular flexibility index (Phi) is 9.09. The summed E-state index contributed by atoms with van der Waals surface area (Å²) in [6.45, 7) is 6.61. The number of halogens is 1. The van der Waals surface area contributed by atoms with E-state index < -0.39 is 6.04 Å². The second kappa shape index (κ2) is 10.5. The van der Waals surface area contributed by atoms with Crippen molar-refractivity contribution < 1.29 is 9.59 Å². The highest BCUT2D eigenvalue weighted by Gasteiger charge is 2.27. The van der Waals surface area contributed by atoms with Crippen molar-refractivity contribution in [2.45, 2.75) is 58.5 Å². The molecule has 2 atom stereocenters. The summed E-state index contributed by atoms with van der Waals surface area (Å²) >= 11 is 0. The fourth-order valence-corrected chi connectivity index (χ4v) is 3.38. The lowest BCUT2D eigenvalue weighted by atomic mass is 9.87. The average molecular weight is 382 g/mol. The minimum Gasteiger partial charge on any atom is -0.346 e. The summed E-state index contributed by atoms with van der Waals surface area (Å²) in [5.74, 6) is -0.221. The van der Waals surface area contributed by atoms with Gasteiger partial charge in [-0.05, 0) is 42.7 Å². The topological polar surface area (TPSA) is 75.4 Å². The number of benzene rings is 1. The number of hydrogen-bond acceptors (Lipinski definition) is 3. The number of fused-ring (bicyclic) bond motifs is 1. The fraction of sp³-hybridized carbons (Fsp3) is 0.600. The first-order chi connectivity index (χ1) is 11.9. The molecule has 0 saturated heterocycles. The van der Waals surface area contributed by atoms with Gasteiger partial charge < -0.3 is 16.0 Å². The third-order valence-corrected chi connectivity index (χ3v) is 4.98. The van der Waals surface area contributed by atoms with Crippen LogP contribution in [0.15, 0.2) is 24.3 Å². The molecule has 1 aliphatic carbocycles. The van der Waals surface area contributed by atoms with Crippen LogP contribution in [0.1, 0.15) is 44.7 Å². The SMILES string of the molecule is CCCN(C(=O)CNC(=O)[C@@H](N)C(C)C)C1CCc2ccccc2C1.Cl. The number of nitrogens with two attached hydrogens (primary N) is 1. The van der Waals surface area contributed by atoms with Crippen molar-refractivity contribution in [2.75, 3.05) is 13.1 Å². The lowest BCUT2D eigenvalue weighted by Gasteiger charge is -2.35. The Morgan fingerprint density at radius 3 is 2.54 bits per heavy atom. The van der Waals surface area contributed by atoms with Crippen LogP contribution in [0.25, 0.3) is 0 Å². The van der Waals surface area contributed by atoms with Crippen LogP contribution in [-0.4, -0.2) is 41.9 Å². The molecule has 0 saturated carbocycles. The zero-order valence-electron chi connectivity index (χ0n) is 16.0. The molecule has 3 N–H and O–H groups in total. The number of hydrogen-bond donors (Lipinski definition) is 2. The first-order valence-electron chi connectivity index (χ1n) is 9.33. The van der Waals surface area contributed by atoms with Crippen LogP contribution in [0.3, 0.4) is 0 Å². The van der Waals surface area contributed by atoms with Crippen molar-refractivity contribution in [3.8, 4) is 0 Å². The van der Waals surface area contributed by atoms with Crippen molar-refractivity contribution in [1.82, 2.24) is 10.2 Å². The molecule has 1 aliphatic rings. The maximum Gasteiger partial charge on any atom is 0.242 e.